The van der Waals surface area contributed by atoms with Crippen molar-refractivity contribution >= 4 is 22.7 Å². The number of nitrogens with zero attached hydrogens (tertiary/aromatic N) is 1. The zero-order chi connectivity index (χ0) is 23.5. The summed E-state index contributed by atoms with van der Waals surface area (Å²) in [4.78, 5) is 17.5. The molecule has 7 heteroatoms. The predicted octanol–water partition coefficient (Wildman–Crippen LogP) is 5.90. The first-order chi connectivity index (χ1) is 15.9. The fraction of sp³-hybridized carbons (Fsp3) is 0.231. The molecule has 4 rings (SSSR count). The van der Waals surface area contributed by atoms with E-state index >= 15 is 0 Å². The van der Waals surface area contributed by atoms with Gasteiger partial charge in [-0.15, -0.1) is 0 Å². The van der Waals surface area contributed by atoms with Gasteiger partial charge in [-0.25, -0.2) is 4.98 Å². The Bertz CT molecular complexity index is 1270. The van der Waals surface area contributed by atoms with Gasteiger partial charge in [0, 0.05) is 16.8 Å². The van der Waals surface area contributed by atoms with Crippen LogP contribution < -0.4 is 19.5 Å². The summed E-state index contributed by atoms with van der Waals surface area (Å²) >= 11 is 0. The molecule has 0 aliphatic rings. The number of carbonyl (C=O) groups is 1. The molecule has 1 N–H and O–H groups in total. The summed E-state index contributed by atoms with van der Waals surface area (Å²) in [5.41, 5.74) is 4.42. The number of anilines is 1. The number of carbonyl (C=O) groups excluding carboxylic acids is 1. The van der Waals surface area contributed by atoms with Crippen LogP contribution in [0.1, 0.15) is 35.7 Å². The van der Waals surface area contributed by atoms with Crippen molar-refractivity contribution in [1.82, 2.24) is 4.98 Å². The van der Waals surface area contributed by atoms with Crippen LogP contribution >= 0.6 is 0 Å². The highest BCUT2D eigenvalue weighted by atomic mass is 16.5. The molecule has 1 amide bonds. The lowest BCUT2D eigenvalue weighted by Gasteiger charge is -2.14. The molecule has 0 fully saturated rings. The standard InChI is InChI=1S/C26H26N2O5/c1-15(2)16-6-8-17(9-7-16)26-28-20-14-19(10-11-21(20)33-26)27-25(29)18-12-22(30-3)24(32-5)23(13-18)31-4/h6-15H,1-5H3,(H,27,29). The third kappa shape index (κ3) is 4.48. The number of benzene rings is 3. The maximum atomic E-state index is 12.9. The lowest BCUT2D eigenvalue weighted by atomic mass is 10.0. The molecule has 170 valence electrons. The molecule has 1 aromatic heterocycles. The van der Waals surface area contributed by atoms with Gasteiger partial charge in [-0.3, -0.25) is 4.79 Å². The van der Waals surface area contributed by atoms with Crippen LogP contribution in [0.25, 0.3) is 22.6 Å². The van der Waals surface area contributed by atoms with E-state index in [0.29, 0.717) is 51.4 Å². The van der Waals surface area contributed by atoms with Gasteiger partial charge >= 0.3 is 0 Å². The third-order valence-electron chi connectivity index (χ3n) is 5.40. The molecule has 0 aliphatic carbocycles. The van der Waals surface area contributed by atoms with Gasteiger partial charge in [-0.05, 0) is 53.9 Å². The molecule has 0 spiro atoms. The monoisotopic (exact) mass is 446 g/mol. The van der Waals surface area contributed by atoms with E-state index in [0.717, 1.165) is 5.56 Å². The fourth-order valence-corrected chi connectivity index (χ4v) is 3.55. The number of hydrogen-bond donors (Lipinski definition) is 1. The second-order valence-electron chi connectivity index (χ2n) is 7.85. The number of hydrogen-bond acceptors (Lipinski definition) is 6. The fourth-order valence-electron chi connectivity index (χ4n) is 3.55. The van der Waals surface area contributed by atoms with Crippen LogP contribution in [-0.2, 0) is 0 Å². The first-order valence-corrected chi connectivity index (χ1v) is 10.6. The number of oxazole rings is 1. The van der Waals surface area contributed by atoms with Gasteiger partial charge in [0.2, 0.25) is 11.6 Å². The number of nitrogens with one attached hydrogen (secondary N) is 1. The topological polar surface area (TPSA) is 82.8 Å². The minimum atomic E-state index is -0.318. The maximum absolute atomic E-state index is 12.9. The summed E-state index contributed by atoms with van der Waals surface area (Å²) in [5, 5.41) is 2.89. The summed E-state index contributed by atoms with van der Waals surface area (Å²) in [5.74, 6) is 1.91. The Morgan fingerprint density at radius 2 is 1.58 bits per heavy atom. The average molecular weight is 447 g/mol. The summed E-state index contributed by atoms with van der Waals surface area (Å²) in [6, 6.07) is 16.7. The first-order valence-electron chi connectivity index (χ1n) is 10.6. The van der Waals surface area contributed by atoms with Crippen LogP contribution in [0.3, 0.4) is 0 Å². The quantitative estimate of drug-likeness (QED) is 0.381. The van der Waals surface area contributed by atoms with Crippen LogP contribution in [0, 0.1) is 0 Å². The number of ether oxygens (including phenoxy) is 3. The van der Waals surface area contributed by atoms with Gasteiger partial charge in [0.15, 0.2) is 17.1 Å². The van der Waals surface area contributed by atoms with E-state index in [4.69, 9.17) is 18.6 Å². The van der Waals surface area contributed by atoms with Crippen LogP contribution in [0.15, 0.2) is 59.0 Å². The normalized spacial score (nSPS) is 11.0. The van der Waals surface area contributed by atoms with E-state index in [9.17, 15) is 4.79 Å². The van der Waals surface area contributed by atoms with E-state index in [2.05, 4.69) is 36.3 Å². The minimum Gasteiger partial charge on any atom is -0.493 e. The van der Waals surface area contributed by atoms with Crippen molar-refractivity contribution in [2.45, 2.75) is 19.8 Å². The summed E-state index contributed by atoms with van der Waals surface area (Å²) in [7, 11) is 4.52. The zero-order valence-electron chi connectivity index (χ0n) is 19.3. The van der Waals surface area contributed by atoms with E-state index in [1.165, 1.54) is 26.9 Å². The second-order valence-corrected chi connectivity index (χ2v) is 7.85. The number of amides is 1. The predicted molar refractivity (Wildman–Crippen MR) is 128 cm³/mol. The van der Waals surface area contributed by atoms with Gasteiger partial charge in [0.05, 0.1) is 21.3 Å². The Morgan fingerprint density at radius 3 is 2.15 bits per heavy atom. The van der Waals surface area contributed by atoms with E-state index in [1.54, 1.807) is 30.3 Å². The molecule has 4 aromatic rings. The van der Waals surface area contributed by atoms with Gasteiger partial charge in [-0.2, -0.15) is 0 Å². The number of fused-ring (bicyclic) bond motifs is 1. The van der Waals surface area contributed by atoms with Crippen molar-refractivity contribution in [3.63, 3.8) is 0 Å². The molecule has 1 heterocycles. The van der Waals surface area contributed by atoms with Crippen LogP contribution in [-0.4, -0.2) is 32.2 Å². The smallest absolute Gasteiger partial charge is 0.255 e. The van der Waals surface area contributed by atoms with Crippen LogP contribution in [0.4, 0.5) is 5.69 Å². The Morgan fingerprint density at radius 1 is 0.909 bits per heavy atom. The highest BCUT2D eigenvalue weighted by molar-refractivity contribution is 6.05. The molecule has 0 unspecified atom stereocenters. The highest BCUT2D eigenvalue weighted by Crippen LogP contribution is 2.38. The average Bonchev–Trinajstić information content (AvgIpc) is 3.26. The van der Waals surface area contributed by atoms with Crippen molar-refractivity contribution in [2.24, 2.45) is 0 Å². The lowest BCUT2D eigenvalue weighted by molar-refractivity contribution is 0.102. The van der Waals surface area contributed by atoms with Crippen molar-refractivity contribution in [3.8, 4) is 28.7 Å². The van der Waals surface area contributed by atoms with Gasteiger partial charge in [0.1, 0.15) is 5.52 Å². The van der Waals surface area contributed by atoms with Crippen molar-refractivity contribution in [1.29, 1.82) is 0 Å². The molecule has 0 saturated carbocycles. The van der Waals surface area contributed by atoms with Crippen LogP contribution in [0.2, 0.25) is 0 Å². The first kappa shape index (κ1) is 22.2. The molecular weight excluding hydrogens is 420 g/mol. The molecule has 0 bridgehead atoms. The maximum Gasteiger partial charge on any atom is 0.255 e. The minimum absolute atomic E-state index is 0.318. The van der Waals surface area contributed by atoms with Crippen molar-refractivity contribution in [2.75, 3.05) is 26.6 Å². The summed E-state index contributed by atoms with van der Waals surface area (Å²) < 4.78 is 21.9. The molecular formula is C26H26N2O5. The number of methoxy groups -OCH3 is 3. The Hall–Kier alpha value is -4.00. The summed E-state index contributed by atoms with van der Waals surface area (Å²) in [6.45, 7) is 4.31. The Labute approximate surface area is 192 Å². The summed E-state index contributed by atoms with van der Waals surface area (Å²) in [6.07, 6.45) is 0. The second kappa shape index (κ2) is 9.24. The molecule has 0 radical (unpaired) electrons. The molecule has 0 atom stereocenters. The van der Waals surface area contributed by atoms with E-state index < -0.39 is 0 Å². The van der Waals surface area contributed by atoms with Crippen LogP contribution in [0.5, 0.6) is 17.2 Å². The number of rotatable bonds is 7. The number of aromatic nitrogens is 1. The third-order valence-corrected chi connectivity index (χ3v) is 5.40. The van der Waals surface area contributed by atoms with Crippen molar-refractivity contribution in [3.05, 3.63) is 65.7 Å². The van der Waals surface area contributed by atoms with Crippen molar-refractivity contribution < 1.29 is 23.4 Å². The molecule has 7 nitrogen and oxygen atoms in total. The highest BCUT2D eigenvalue weighted by Gasteiger charge is 2.18. The molecule has 0 aliphatic heterocycles. The van der Waals surface area contributed by atoms with Gasteiger partial charge in [0.25, 0.3) is 5.91 Å². The Balaban J connectivity index is 1.59. The van der Waals surface area contributed by atoms with E-state index in [1.807, 2.05) is 12.1 Å². The molecule has 3 aromatic carbocycles. The van der Waals surface area contributed by atoms with E-state index in [-0.39, 0.29) is 5.91 Å². The lowest BCUT2D eigenvalue weighted by Crippen LogP contribution is -2.12. The largest absolute Gasteiger partial charge is 0.493 e. The zero-order valence-corrected chi connectivity index (χ0v) is 19.3. The molecule has 33 heavy (non-hydrogen) atoms. The van der Waals surface area contributed by atoms with Gasteiger partial charge in [-0.1, -0.05) is 26.0 Å². The SMILES string of the molecule is COc1cc(C(=O)Nc2ccc3oc(-c4ccc(C(C)C)cc4)nc3c2)cc(OC)c1OC. The molecule has 0 saturated heterocycles. The Kier molecular flexibility index (Phi) is 6.22. The van der Waals surface area contributed by atoms with Gasteiger partial charge < -0.3 is 23.9 Å².